The van der Waals surface area contributed by atoms with Gasteiger partial charge in [-0.15, -0.1) is 6.58 Å². The van der Waals surface area contributed by atoms with E-state index in [0.717, 1.165) is 17.9 Å². The van der Waals surface area contributed by atoms with Crippen LogP contribution < -0.4 is 10.1 Å². The highest BCUT2D eigenvalue weighted by atomic mass is 16.5. The summed E-state index contributed by atoms with van der Waals surface area (Å²) in [6, 6.07) is 7.42. The summed E-state index contributed by atoms with van der Waals surface area (Å²) in [7, 11) is 3.01. The zero-order chi connectivity index (χ0) is 14.3. The summed E-state index contributed by atoms with van der Waals surface area (Å²) in [5.74, 6) is 0.488. The lowest BCUT2D eigenvalue weighted by Crippen LogP contribution is -2.44. The first-order chi connectivity index (χ1) is 9.05. The number of anilines is 1. The van der Waals surface area contributed by atoms with Crippen molar-refractivity contribution in [1.29, 1.82) is 0 Å². The highest BCUT2D eigenvalue weighted by molar-refractivity contribution is 5.84. The molecule has 0 saturated heterocycles. The fraction of sp³-hybridized carbons (Fsp3) is 0.400. The SMILES string of the molecule is C=CCCC(C)(Nc1ccc(OC)cc1)C(=O)OC. The van der Waals surface area contributed by atoms with Gasteiger partial charge < -0.3 is 14.8 Å². The van der Waals surface area contributed by atoms with E-state index in [9.17, 15) is 4.79 Å². The highest BCUT2D eigenvalue weighted by Crippen LogP contribution is 2.23. The van der Waals surface area contributed by atoms with Crippen LogP contribution in [0, 0.1) is 0 Å². The van der Waals surface area contributed by atoms with E-state index in [2.05, 4.69) is 11.9 Å². The Labute approximate surface area is 114 Å². The van der Waals surface area contributed by atoms with E-state index in [0.29, 0.717) is 6.42 Å². The molecule has 1 aromatic carbocycles. The van der Waals surface area contributed by atoms with E-state index < -0.39 is 5.54 Å². The Morgan fingerprint density at radius 3 is 2.47 bits per heavy atom. The van der Waals surface area contributed by atoms with Gasteiger partial charge in [0.1, 0.15) is 11.3 Å². The van der Waals surface area contributed by atoms with Crippen LogP contribution in [0.2, 0.25) is 0 Å². The average molecular weight is 263 g/mol. The molecule has 0 aliphatic carbocycles. The van der Waals surface area contributed by atoms with Crippen molar-refractivity contribution in [2.24, 2.45) is 0 Å². The van der Waals surface area contributed by atoms with Crippen molar-refractivity contribution in [3.63, 3.8) is 0 Å². The maximum absolute atomic E-state index is 11.9. The Bertz CT molecular complexity index is 428. The number of hydrogen-bond donors (Lipinski definition) is 1. The van der Waals surface area contributed by atoms with Crippen LogP contribution in [-0.2, 0) is 9.53 Å². The quantitative estimate of drug-likeness (QED) is 0.607. The number of hydrogen-bond acceptors (Lipinski definition) is 4. The molecule has 0 aliphatic rings. The number of rotatable bonds is 7. The van der Waals surface area contributed by atoms with E-state index in [1.807, 2.05) is 31.2 Å². The summed E-state index contributed by atoms with van der Waals surface area (Å²) < 4.78 is 9.97. The van der Waals surface area contributed by atoms with Crippen molar-refractivity contribution in [2.75, 3.05) is 19.5 Å². The lowest BCUT2D eigenvalue weighted by Gasteiger charge is -2.28. The third-order valence-corrected chi connectivity index (χ3v) is 2.99. The van der Waals surface area contributed by atoms with Crippen LogP contribution in [-0.4, -0.2) is 25.7 Å². The Balaban J connectivity index is 2.86. The number of carbonyl (C=O) groups is 1. The van der Waals surface area contributed by atoms with Crippen molar-refractivity contribution in [3.05, 3.63) is 36.9 Å². The maximum Gasteiger partial charge on any atom is 0.331 e. The van der Waals surface area contributed by atoms with E-state index in [4.69, 9.17) is 9.47 Å². The fourth-order valence-electron chi connectivity index (χ4n) is 1.82. The largest absolute Gasteiger partial charge is 0.497 e. The Morgan fingerprint density at radius 1 is 1.37 bits per heavy atom. The summed E-state index contributed by atoms with van der Waals surface area (Å²) in [5, 5.41) is 3.21. The maximum atomic E-state index is 11.9. The smallest absolute Gasteiger partial charge is 0.331 e. The molecule has 19 heavy (non-hydrogen) atoms. The number of esters is 1. The molecule has 4 heteroatoms. The molecule has 0 saturated carbocycles. The molecular formula is C15H21NO3. The van der Waals surface area contributed by atoms with Crippen LogP contribution in [0.3, 0.4) is 0 Å². The van der Waals surface area contributed by atoms with Gasteiger partial charge in [0.15, 0.2) is 0 Å². The topological polar surface area (TPSA) is 47.6 Å². The van der Waals surface area contributed by atoms with Gasteiger partial charge in [0.05, 0.1) is 14.2 Å². The van der Waals surface area contributed by atoms with Crippen molar-refractivity contribution in [3.8, 4) is 5.75 Å². The molecule has 104 valence electrons. The second-order valence-corrected chi connectivity index (χ2v) is 4.50. The van der Waals surface area contributed by atoms with Gasteiger partial charge in [-0.25, -0.2) is 4.79 Å². The molecule has 0 spiro atoms. The lowest BCUT2D eigenvalue weighted by atomic mass is 9.95. The van der Waals surface area contributed by atoms with Crippen molar-refractivity contribution in [1.82, 2.24) is 0 Å². The lowest BCUT2D eigenvalue weighted by molar-refractivity contribution is -0.145. The number of allylic oxidation sites excluding steroid dienone is 1. The van der Waals surface area contributed by atoms with E-state index in [1.165, 1.54) is 7.11 Å². The molecule has 0 heterocycles. The van der Waals surface area contributed by atoms with Gasteiger partial charge in [0.25, 0.3) is 0 Å². The molecule has 1 aromatic rings. The van der Waals surface area contributed by atoms with Crippen LogP contribution in [0.1, 0.15) is 19.8 Å². The van der Waals surface area contributed by atoms with Crippen molar-refractivity contribution in [2.45, 2.75) is 25.3 Å². The first-order valence-corrected chi connectivity index (χ1v) is 6.17. The van der Waals surface area contributed by atoms with Gasteiger partial charge in [-0.05, 0) is 44.0 Å². The third kappa shape index (κ3) is 4.02. The molecule has 1 N–H and O–H groups in total. The second-order valence-electron chi connectivity index (χ2n) is 4.50. The van der Waals surface area contributed by atoms with Crippen molar-refractivity contribution >= 4 is 11.7 Å². The standard InChI is InChI=1S/C15H21NO3/c1-5-6-11-15(2,14(17)19-4)16-12-7-9-13(18-3)10-8-12/h5,7-10,16H,1,6,11H2,2-4H3. The first-order valence-electron chi connectivity index (χ1n) is 6.17. The molecule has 0 fully saturated rings. The summed E-state index contributed by atoms with van der Waals surface area (Å²) in [6.45, 7) is 5.51. The predicted octanol–water partition coefficient (Wildman–Crippen LogP) is 3.01. The number of ether oxygens (including phenoxy) is 2. The van der Waals surface area contributed by atoms with Crippen LogP contribution in [0.4, 0.5) is 5.69 Å². The summed E-state index contributed by atoms with van der Waals surface area (Å²) in [5.41, 5.74) is 0.0788. The van der Waals surface area contributed by atoms with Gasteiger partial charge in [0, 0.05) is 5.69 Å². The number of nitrogens with one attached hydrogen (secondary N) is 1. The van der Waals surface area contributed by atoms with Crippen molar-refractivity contribution < 1.29 is 14.3 Å². The minimum atomic E-state index is -0.766. The van der Waals surface area contributed by atoms with Gasteiger partial charge in [-0.2, -0.15) is 0 Å². The van der Waals surface area contributed by atoms with Crippen LogP contribution in [0.25, 0.3) is 0 Å². The first kappa shape index (κ1) is 15.1. The zero-order valence-corrected chi connectivity index (χ0v) is 11.7. The number of benzene rings is 1. The molecule has 1 atom stereocenters. The second kappa shape index (κ2) is 6.83. The molecule has 0 aliphatic heterocycles. The summed E-state index contributed by atoms with van der Waals surface area (Å²) in [6.07, 6.45) is 3.14. The predicted molar refractivity (Wildman–Crippen MR) is 76.5 cm³/mol. The number of methoxy groups -OCH3 is 2. The van der Waals surface area contributed by atoms with Gasteiger partial charge >= 0.3 is 5.97 Å². The zero-order valence-electron chi connectivity index (χ0n) is 11.7. The minimum Gasteiger partial charge on any atom is -0.497 e. The monoisotopic (exact) mass is 263 g/mol. The third-order valence-electron chi connectivity index (χ3n) is 2.99. The van der Waals surface area contributed by atoms with E-state index in [-0.39, 0.29) is 5.97 Å². The Morgan fingerprint density at radius 2 is 2.00 bits per heavy atom. The molecule has 0 amide bonds. The van der Waals surface area contributed by atoms with Gasteiger partial charge in [0.2, 0.25) is 0 Å². The fourth-order valence-corrected chi connectivity index (χ4v) is 1.82. The molecule has 0 bridgehead atoms. The van der Waals surface area contributed by atoms with Crippen LogP contribution in [0.5, 0.6) is 5.75 Å². The minimum absolute atomic E-state index is 0.287. The molecule has 4 nitrogen and oxygen atoms in total. The molecule has 0 aromatic heterocycles. The molecule has 1 unspecified atom stereocenters. The summed E-state index contributed by atoms with van der Waals surface area (Å²) in [4.78, 5) is 11.9. The Hall–Kier alpha value is -1.97. The average Bonchev–Trinajstić information content (AvgIpc) is 2.45. The summed E-state index contributed by atoms with van der Waals surface area (Å²) >= 11 is 0. The van der Waals surface area contributed by atoms with E-state index in [1.54, 1.807) is 13.2 Å². The van der Waals surface area contributed by atoms with Gasteiger partial charge in [-0.1, -0.05) is 6.08 Å². The molecule has 0 radical (unpaired) electrons. The Kier molecular flexibility index (Phi) is 5.42. The molecule has 1 rings (SSSR count). The van der Waals surface area contributed by atoms with Crippen LogP contribution in [0.15, 0.2) is 36.9 Å². The normalized spacial score (nSPS) is 13.2. The van der Waals surface area contributed by atoms with Crippen LogP contribution >= 0.6 is 0 Å². The van der Waals surface area contributed by atoms with E-state index >= 15 is 0 Å². The number of carbonyl (C=O) groups excluding carboxylic acids is 1. The van der Waals surface area contributed by atoms with Gasteiger partial charge in [-0.3, -0.25) is 0 Å². The highest BCUT2D eigenvalue weighted by Gasteiger charge is 2.33. The molecular weight excluding hydrogens is 242 g/mol.